The molecule has 0 radical (unpaired) electrons. The normalized spacial score (nSPS) is 14.7. The van der Waals surface area contributed by atoms with Crippen molar-refractivity contribution in [3.8, 4) is 5.75 Å². The molecule has 1 aliphatic heterocycles. The maximum Gasteiger partial charge on any atom is 0.250 e. The smallest absolute Gasteiger partial charge is 0.250 e. The Kier molecular flexibility index (Phi) is 6.49. The number of nitrogens with zero attached hydrogens (tertiary/aromatic N) is 5. The van der Waals surface area contributed by atoms with Crippen molar-refractivity contribution >= 4 is 29.7 Å². The van der Waals surface area contributed by atoms with Gasteiger partial charge in [0.15, 0.2) is 0 Å². The van der Waals surface area contributed by atoms with Gasteiger partial charge in [0, 0.05) is 18.8 Å². The molecule has 0 bridgehead atoms. The third-order valence-electron chi connectivity index (χ3n) is 5.79. The van der Waals surface area contributed by atoms with Gasteiger partial charge in [0.25, 0.3) is 0 Å². The molecule has 2 aromatic carbocycles. The van der Waals surface area contributed by atoms with Gasteiger partial charge in [0.2, 0.25) is 17.8 Å². The number of rotatable bonds is 6. The van der Waals surface area contributed by atoms with Crippen LogP contribution in [0.1, 0.15) is 36.5 Å². The van der Waals surface area contributed by atoms with Crippen LogP contribution >= 0.6 is 0 Å². The van der Waals surface area contributed by atoms with Gasteiger partial charge in [-0.25, -0.2) is 5.43 Å². The van der Waals surface area contributed by atoms with Gasteiger partial charge in [0.05, 0.1) is 6.21 Å². The molecule has 0 aliphatic carbocycles. The average molecular weight is 432 g/mol. The lowest BCUT2D eigenvalue weighted by molar-refractivity contribution is 0.434. The summed E-state index contributed by atoms with van der Waals surface area (Å²) in [6, 6.07) is 13.0. The highest BCUT2D eigenvalue weighted by Crippen LogP contribution is 2.25. The van der Waals surface area contributed by atoms with Crippen molar-refractivity contribution in [2.45, 2.75) is 33.6 Å². The standard InChI is InChI=1S/C24H29N7O/c1-16-10-12-31(13-11-16)24-28-22(26-21-9-4-6-17(2)18(21)3)27-23(29-24)30-25-15-19-7-5-8-20(32)14-19/h4-9,14-16,32H,10-13H2,1-3H3,(H2,26,27,28,29,30)/b25-15-. The topological polar surface area (TPSA) is 98.6 Å². The van der Waals surface area contributed by atoms with Crippen molar-refractivity contribution in [3.63, 3.8) is 0 Å². The fourth-order valence-electron chi connectivity index (χ4n) is 3.60. The summed E-state index contributed by atoms with van der Waals surface area (Å²) in [7, 11) is 0. The molecule has 2 heterocycles. The molecule has 1 fully saturated rings. The van der Waals surface area contributed by atoms with Gasteiger partial charge < -0.3 is 15.3 Å². The van der Waals surface area contributed by atoms with E-state index in [0.29, 0.717) is 23.8 Å². The number of aryl methyl sites for hydroxylation is 1. The van der Waals surface area contributed by atoms with E-state index < -0.39 is 0 Å². The molecule has 1 aromatic heterocycles. The molecule has 166 valence electrons. The molecular weight excluding hydrogens is 402 g/mol. The highest BCUT2D eigenvalue weighted by molar-refractivity contribution is 5.80. The molecule has 1 aliphatic rings. The van der Waals surface area contributed by atoms with E-state index in [4.69, 9.17) is 4.98 Å². The Morgan fingerprint density at radius 3 is 2.56 bits per heavy atom. The van der Waals surface area contributed by atoms with Crippen LogP contribution in [0.3, 0.4) is 0 Å². The van der Waals surface area contributed by atoms with Crippen LogP contribution in [0.5, 0.6) is 5.75 Å². The van der Waals surface area contributed by atoms with E-state index in [1.165, 1.54) is 5.56 Å². The van der Waals surface area contributed by atoms with E-state index in [9.17, 15) is 5.11 Å². The number of nitrogens with one attached hydrogen (secondary N) is 2. The number of hydrogen-bond acceptors (Lipinski definition) is 8. The van der Waals surface area contributed by atoms with Crippen molar-refractivity contribution in [1.29, 1.82) is 0 Å². The zero-order chi connectivity index (χ0) is 22.5. The quantitative estimate of drug-likeness (QED) is 0.387. The summed E-state index contributed by atoms with van der Waals surface area (Å²) in [6.45, 7) is 8.27. The molecule has 0 spiro atoms. The van der Waals surface area contributed by atoms with Crippen LogP contribution in [-0.4, -0.2) is 39.4 Å². The van der Waals surface area contributed by atoms with Crippen molar-refractivity contribution in [2.24, 2.45) is 11.0 Å². The SMILES string of the molecule is Cc1cccc(Nc2nc(N/N=C\c3cccc(O)c3)nc(N3CCC(C)CC3)n2)c1C. The van der Waals surface area contributed by atoms with Gasteiger partial charge in [-0.3, -0.25) is 0 Å². The van der Waals surface area contributed by atoms with Crippen LogP contribution in [0.15, 0.2) is 47.6 Å². The van der Waals surface area contributed by atoms with Crippen LogP contribution in [0.2, 0.25) is 0 Å². The Morgan fingerprint density at radius 1 is 1.03 bits per heavy atom. The second kappa shape index (κ2) is 9.64. The first-order valence-corrected chi connectivity index (χ1v) is 10.9. The van der Waals surface area contributed by atoms with Crippen molar-refractivity contribution in [3.05, 3.63) is 59.2 Å². The number of aromatic hydroxyl groups is 1. The van der Waals surface area contributed by atoms with E-state index in [1.807, 2.05) is 18.2 Å². The Hall–Kier alpha value is -3.68. The minimum Gasteiger partial charge on any atom is -0.508 e. The number of phenols is 1. The van der Waals surface area contributed by atoms with Gasteiger partial charge in [-0.1, -0.05) is 31.2 Å². The Bertz CT molecular complexity index is 1110. The van der Waals surface area contributed by atoms with Crippen molar-refractivity contribution in [2.75, 3.05) is 28.7 Å². The Labute approximate surface area is 188 Å². The average Bonchev–Trinajstić information content (AvgIpc) is 2.77. The number of hydrogen-bond donors (Lipinski definition) is 3. The molecule has 32 heavy (non-hydrogen) atoms. The molecule has 0 atom stereocenters. The number of anilines is 4. The lowest BCUT2D eigenvalue weighted by Gasteiger charge is -2.30. The summed E-state index contributed by atoms with van der Waals surface area (Å²) in [5, 5.41) is 17.2. The summed E-state index contributed by atoms with van der Waals surface area (Å²) in [4.78, 5) is 16.0. The molecular formula is C24H29N7O. The third-order valence-corrected chi connectivity index (χ3v) is 5.79. The predicted octanol–water partition coefficient (Wildman–Crippen LogP) is 4.62. The number of aromatic nitrogens is 3. The van der Waals surface area contributed by atoms with Gasteiger partial charge in [-0.05, 0) is 67.5 Å². The fraction of sp³-hybridized carbons (Fsp3) is 0.333. The number of benzene rings is 2. The van der Waals surface area contributed by atoms with Crippen LogP contribution in [0.25, 0.3) is 0 Å². The lowest BCUT2D eigenvalue weighted by Crippen LogP contribution is -2.34. The van der Waals surface area contributed by atoms with Crippen LogP contribution in [0.4, 0.5) is 23.5 Å². The monoisotopic (exact) mass is 431 g/mol. The minimum atomic E-state index is 0.190. The van der Waals surface area contributed by atoms with E-state index in [1.54, 1.807) is 24.4 Å². The molecule has 0 unspecified atom stereocenters. The Morgan fingerprint density at radius 2 is 1.78 bits per heavy atom. The summed E-state index contributed by atoms with van der Waals surface area (Å²) < 4.78 is 0. The van der Waals surface area contributed by atoms with Gasteiger partial charge in [0.1, 0.15) is 5.75 Å². The summed E-state index contributed by atoms with van der Waals surface area (Å²) in [6.07, 6.45) is 3.84. The number of phenolic OH excluding ortho intramolecular Hbond substituents is 1. The first-order valence-electron chi connectivity index (χ1n) is 10.9. The lowest BCUT2D eigenvalue weighted by atomic mass is 10.00. The zero-order valence-electron chi connectivity index (χ0n) is 18.7. The second-order valence-electron chi connectivity index (χ2n) is 8.29. The fourth-order valence-corrected chi connectivity index (χ4v) is 3.60. The maximum absolute atomic E-state index is 9.62. The molecule has 8 nitrogen and oxygen atoms in total. The van der Waals surface area contributed by atoms with Crippen molar-refractivity contribution < 1.29 is 5.11 Å². The van der Waals surface area contributed by atoms with Crippen molar-refractivity contribution in [1.82, 2.24) is 15.0 Å². The Balaban J connectivity index is 1.60. The predicted molar refractivity (Wildman–Crippen MR) is 129 cm³/mol. The summed E-state index contributed by atoms with van der Waals surface area (Å²) in [5.41, 5.74) is 6.99. The molecule has 0 saturated carbocycles. The molecule has 3 aromatic rings. The number of hydrazone groups is 1. The van der Waals surface area contributed by atoms with E-state index in [2.05, 4.69) is 57.5 Å². The van der Waals surface area contributed by atoms with Crippen LogP contribution in [0, 0.1) is 19.8 Å². The van der Waals surface area contributed by atoms with Gasteiger partial charge in [-0.2, -0.15) is 20.1 Å². The molecule has 0 amide bonds. The first kappa shape index (κ1) is 21.5. The largest absolute Gasteiger partial charge is 0.508 e. The summed E-state index contributed by atoms with van der Waals surface area (Å²) in [5.74, 6) is 2.37. The zero-order valence-corrected chi connectivity index (χ0v) is 18.7. The molecule has 4 rings (SSSR count). The highest BCUT2D eigenvalue weighted by atomic mass is 16.3. The maximum atomic E-state index is 9.62. The molecule has 3 N–H and O–H groups in total. The molecule has 1 saturated heterocycles. The van der Waals surface area contributed by atoms with E-state index in [0.717, 1.165) is 42.7 Å². The third kappa shape index (κ3) is 5.32. The second-order valence-corrected chi connectivity index (χ2v) is 8.29. The van der Waals surface area contributed by atoms with Gasteiger partial charge >= 0.3 is 0 Å². The minimum absolute atomic E-state index is 0.190. The van der Waals surface area contributed by atoms with Crippen LogP contribution < -0.4 is 15.6 Å². The first-order chi connectivity index (χ1) is 15.5. The molecule has 8 heteroatoms. The van der Waals surface area contributed by atoms with E-state index >= 15 is 0 Å². The highest BCUT2D eigenvalue weighted by Gasteiger charge is 2.20. The van der Waals surface area contributed by atoms with Crippen LogP contribution in [-0.2, 0) is 0 Å². The van der Waals surface area contributed by atoms with Gasteiger partial charge in [-0.15, -0.1) is 0 Å². The summed E-state index contributed by atoms with van der Waals surface area (Å²) >= 11 is 0. The number of piperidine rings is 1. The van der Waals surface area contributed by atoms with E-state index in [-0.39, 0.29) is 5.75 Å².